The molecule has 0 saturated carbocycles. The van der Waals surface area contributed by atoms with Crippen LogP contribution in [0, 0.1) is 0 Å². The van der Waals surface area contributed by atoms with Gasteiger partial charge in [-0.25, -0.2) is 4.79 Å². The summed E-state index contributed by atoms with van der Waals surface area (Å²) in [6, 6.07) is 11.0. The van der Waals surface area contributed by atoms with Crippen LogP contribution in [0.5, 0.6) is 0 Å². The normalized spacial score (nSPS) is 13.8. The molecule has 0 radical (unpaired) electrons. The van der Waals surface area contributed by atoms with E-state index < -0.39 is 0 Å². The topological polar surface area (TPSA) is 90.9 Å². The van der Waals surface area contributed by atoms with Crippen molar-refractivity contribution in [2.24, 2.45) is 0 Å². The van der Waals surface area contributed by atoms with Crippen LogP contribution in [0.2, 0.25) is 0 Å². The molecule has 1 aromatic carbocycles. The molecule has 0 spiro atoms. The number of carbonyl (C=O) groups excluding carboxylic acids is 2. The fourth-order valence-corrected chi connectivity index (χ4v) is 2.99. The smallest absolute Gasteiger partial charge is 0.409 e. The summed E-state index contributed by atoms with van der Waals surface area (Å²) in [7, 11) is 3.92. The maximum absolute atomic E-state index is 12.4. The van der Waals surface area contributed by atoms with Crippen molar-refractivity contribution in [3.8, 4) is 0 Å². The fourth-order valence-electron chi connectivity index (χ4n) is 2.99. The third-order valence-corrected chi connectivity index (χ3v) is 4.65. The molecule has 9 nitrogen and oxygen atoms in total. The first-order valence-corrected chi connectivity index (χ1v) is 9.57. The second-order valence-corrected chi connectivity index (χ2v) is 6.85. The molecule has 1 N–H and O–H groups in total. The number of hydrogen-bond acceptors (Lipinski definition) is 7. The van der Waals surface area contributed by atoms with Crippen molar-refractivity contribution >= 4 is 29.2 Å². The van der Waals surface area contributed by atoms with Crippen LogP contribution in [0.4, 0.5) is 22.0 Å². The van der Waals surface area contributed by atoms with E-state index in [0.717, 1.165) is 5.69 Å². The zero-order chi connectivity index (χ0) is 20.8. The summed E-state index contributed by atoms with van der Waals surface area (Å²) in [6.07, 6.45) is -0.288. The quantitative estimate of drug-likeness (QED) is 0.824. The largest absolute Gasteiger partial charge is 0.450 e. The Hall–Kier alpha value is -3.36. The molecule has 29 heavy (non-hydrogen) atoms. The Morgan fingerprint density at radius 2 is 1.72 bits per heavy atom. The molecule has 1 aromatic heterocycles. The molecule has 154 valence electrons. The van der Waals surface area contributed by atoms with Crippen molar-refractivity contribution in [1.29, 1.82) is 0 Å². The van der Waals surface area contributed by atoms with Crippen LogP contribution in [-0.4, -0.2) is 74.0 Å². The molecule has 1 aliphatic rings. The maximum atomic E-state index is 12.4. The fraction of sp³-hybridized carbons (Fsp3) is 0.400. The predicted octanol–water partition coefficient (Wildman–Crippen LogP) is 2.07. The number of nitrogens with zero attached hydrogens (tertiary/aromatic N) is 5. The number of hydrogen-bond donors (Lipinski definition) is 1. The Kier molecular flexibility index (Phi) is 6.48. The zero-order valence-corrected chi connectivity index (χ0v) is 17.0. The van der Waals surface area contributed by atoms with Gasteiger partial charge in [0.25, 0.3) is 5.91 Å². The number of anilines is 3. The number of piperazine rings is 1. The highest BCUT2D eigenvalue weighted by molar-refractivity contribution is 6.02. The lowest BCUT2D eigenvalue weighted by molar-refractivity contribution is 0.101. The van der Waals surface area contributed by atoms with Crippen molar-refractivity contribution in [2.75, 3.05) is 62.0 Å². The monoisotopic (exact) mass is 398 g/mol. The molecule has 0 aliphatic carbocycles. The molecule has 2 aromatic rings. The second kappa shape index (κ2) is 9.22. The Morgan fingerprint density at radius 1 is 1.03 bits per heavy atom. The lowest BCUT2D eigenvalue weighted by Crippen LogP contribution is -2.49. The maximum Gasteiger partial charge on any atom is 0.409 e. The molecule has 3 rings (SSSR count). The minimum Gasteiger partial charge on any atom is -0.450 e. The van der Waals surface area contributed by atoms with Crippen LogP contribution >= 0.6 is 0 Å². The lowest BCUT2D eigenvalue weighted by Gasteiger charge is -2.34. The van der Waals surface area contributed by atoms with Gasteiger partial charge in [-0.3, -0.25) is 4.79 Å². The Labute approximate surface area is 170 Å². The number of nitrogens with one attached hydrogen (secondary N) is 1. The number of carbonyl (C=O) groups is 2. The first-order chi connectivity index (χ1) is 14.0. The molecule has 1 saturated heterocycles. The predicted molar refractivity (Wildman–Crippen MR) is 112 cm³/mol. The SMILES string of the molecule is CCOC(=O)N1CCN(c2ccc(C(=O)Nc3ccc(N(C)C)cc3)nn2)CC1. The average molecular weight is 398 g/mol. The molecular formula is C20H26N6O3. The molecular weight excluding hydrogens is 372 g/mol. The lowest BCUT2D eigenvalue weighted by atomic mass is 10.2. The summed E-state index contributed by atoms with van der Waals surface area (Å²) >= 11 is 0. The van der Waals surface area contributed by atoms with Crippen LogP contribution in [0.15, 0.2) is 36.4 Å². The van der Waals surface area contributed by atoms with E-state index in [0.29, 0.717) is 44.3 Å². The van der Waals surface area contributed by atoms with Crippen LogP contribution in [-0.2, 0) is 4.74 Å². The summed E-state index contributed by atoms with van der Waals surface area (Å²) in [4.78, 5) is 29.9. The summed E-state index contributed by atoms with van der Waals surface area (Å²) in [5.74, 6) is 0.370. The van der Waals surface area contributed by atoms with Gasteiger partial charge in [0.2, 0.25) is 0 Å². The number of rotatable bonds is 5. The van der Waals surface area contributed by atoms with E-state index in [1.807, 2.05) is 48.2 Å². The standard InChI is InChI=1S/C20H26N6O3/c1-4-29-20(28)26-13-11-25(12-14-26)18-10-9-17(22-23-18)19(27)21-15-5-7-16(8-6-15)24(2)3/h5-10H,4,11-14H2,1-3H3,(H,21,27). The summed E-state index contributed by atoms with van der Waals surface area (Å²) < 4.78 is 5.03. The molecule has 0 unspecified atom stereocenters. The van der Waals surface area contributed by atoms with Gasteiger partial charge in [0.15, 0.2) is 11.5 Å². The van der Waals surface area contributed by atoms with Crippen molar-refractivity contribution in [3.63, 3.8) is 0 Å². The van der Waals surface area contributed by atoms with Crippen molar-refractivity contribution in [2.45, 2.75) is 6.92 Å². The Bertz CT molecular complexity index is 830. The van der Waals surface area contributed by atoms with Gasteiger partial charge in [0.05, 0.1) is 6.61 Å². The Balaban J connectivity index is 1.56. The van der Waals surface area contributed by atoms with Gasteiger partial charge in [-0.15, -0.1) is 10.2 Å². The van der Waals surface area contributed by atoms with Crippen molar-refractivity contribution in [3.05, 3.63) is 42.1 Å². The van der Waals surface area contributed by atoms with Gasteiger partial charge >= 0.3 is 6.09 Å². The Morgan fingerprint density at radius 3 is 2.28 bits per heavy atom. The van der Waals surface area contributed by atoms with E-state index in [1.54, 1.807) is 24.0 Å². The van der Waals surface area contributed by atoms with E-state index in [4.69, 9.17) is 4.74 Å². The van der Waals surface area contributed by atoms with E-state index in [2.05, 4.69) is 15.5 Å². The van der Waals surface area contributed by atoms with E-state index in [9.17, 15) is 9.59 Å². The summed E-state index contributed by atoms with van der Waals surface area (Å²) in [5.41, 5.74) is 1.99. The van der Waals surface area contributed by atoms with E-state index >= 15 is 0 Å². The number of benzene rings is 1. The molecule has 9 heteroatoms. The van der Waals surface area contributed by atoms with Crippen LogP contribution in [0.25, 0.3) is 0 Å². The third kappa shape index (κ3) is 5.13. The van der Waals surface area contributed by atoms with Gasteiger partial charge in [-0.05, 0) is 43.3 Å². The van der Waals surface area contributed by atoms with Gasteiger partial charge in [0.1, 0.15) is 0 Å². The number of ether oxygens (including phenoxy) is 1. The first kappa shape index (κ1) is 20.4. The highest BCUT2D eigenvalue weighted by Crippen LogP contribution is 2.17. The average Bonchev–Trinajstić information content (AvgIpc) is 2.74. The molecule has 0 bridgehead atoms. The molecule has 1 fully saturated rings. The number of aromatic nitrogens is 2. The highest BCUT2D eigenvalue weighted by Gasteiger charge is 2.23. The van der Waals surface area contributed by atoms with Crippen molar-refractivity contribution < 1.29 is 14.3 Å². The molecule has 1 aliphatic heterocycles. The van der Waals surface area contributed by atoms with Gasteiger partial charge in [-0.1, -0.05) is 0 Å². The summed E-state index contributed by atoms with van der Waals surface area (Å²) in [6.45, 7) is 4.56. The van der Waals surface area contributed by atoms with E-state index in [1.165, 1.54) is 0 Å². The van der Waals surface area contributed by atoms with Gasteiger partial charge < -0.3 is 24.8 Å². The van der Waals surface area contributed by atoms with Gasteiger partial charge in [0, 0.05) is 51.6 Å². The van der Waals surface area contributed by atoms with Crippen LogP contribution in [0.3, 0.4) is 0 Å². The third-order valence-electron chi connectivity index (χ3n) is 4.65. The molecule has 2 heterocycles. The molecule has 2 amide bonds. The molecule has 0 atom stereocenters. The minimum absolute atomic E-state index is 0.246. The number of amides is 2. The van der Waals surface area contributed by atoms with Crippen LogP contribution in [0.1, 0.15) is 17.4 Å². The first-order valence-electron chi connectivity index (χ1n) is 9.57. The van der Waals surface area contributed by atoms with Crippen molar-refractivity contribution in [1.82, 2.24) is 15.1 Å². The van der Waals surface area contributed by atoms with Gasteiger partial charge in [-0.2, -0.15) is 0 Å². The highest BCUT2D eigenvalue weighted by atomic mass is 16.6. The second-order valence-electron chi connectivity index (χ2n) is 6.85. The minimum atomic E-state index is -0.311. The zero-order valence-electron chi connectivity index (χ0n) is 17.0. The van der Waals surface area contributed by atoms with Crippen LogP contribution < -0.4 is 15.1 Å². The van der Waals surface area contributed by atoms with E-state index in [-0.39, 0.29) is 17.7 Å². The summed E-state index contributed by atoms with van der Waals surface area (Å²) in [5, 5.41) is 11.1.